The second-order valence-electron chi connectivity index (χ2n) is 6.25. The normalized spacial score (nSPS) is 22.4. The number of hydrogen-bond acceptors (Lipinski definition) is 3. The largest absolute Gasteiger partial charge is 0.393 e. The number of amides is 1. The van der Waals surface area contributed by atoms with Gasteiger partial charge in [0.2, 0.25) is 5.91 Å². The molecular formula is C13H26N2O2. The highest BCUT2D eigenvalue weighted by Gasteiger charge is 2.33. The number of likely N-dealkylation sites (tertiary alicyclic amines) is 1. The van der Waals surface area contributed by atoms with Crippen molar-refractivity contribution in [3.05, 3.63) is 0 Å². The Morgan fingerprint density at radius 1 is 1.35 bits per heavy atom. The number of carbonyl (C=O) groups excluding carboxylic acids is 1. The van der Waals surface area contributed by atoms with Crippen LogP contribution in [0.2, 0.25) is 0 Å². The van der Waals surface area contributed by atoms with Gasteiger partial charge in [-0.1, -0.05) is 20.8 Å². The third-order valence-electron chi connectivity index (χ3n) is 3.73. The molecule has 3 N–H and O–H groups in total. The number of nitrogens with two attached hydrogens (primary N) is 1. The predicted octanol–water partition coefficient (Wildman–Crippen LogP) is 0.979. The van der Waals surface area contributed by atoms with Crippen LogP contribution in [-0.4, -0.2) is 41.1 Å². The topological polar surface area (TPSA) is 66.6 Å². The monoisotopic (exact) mass is 242 g/mol. The Labute approximate surface area is 104 Å². The smallest absolute Gasteiger partial charge is 0.240 e. The van der Waals surface area contributed by atoms with Crippen molar-refractivity contribution in [2.45, 2.75) is 52.7 Å². The maximum absolute atomic E-state index is 12.2. The molecule has 1 rings (SSSR count). The second kappa shape index (κ2) is 5.36. The summed E-state index contributed by atoms with van der Waals surface area (Å²) >= 11 is 0. The van der Waals surface area contributed by atoms with Crippen LogP contribution in [0.4, 0.5) is 0 Å². The van der Waals surface area contributed by atoms with Gasteiger partial charge in [-0.05, 0) is 31.1 Å². The molecule has 0 spiro atoms. The Morgan fingerprint density at radius 3 is 2.18 bits per heavy atom. The van der Waals surface area contributed by atoms with Gasteiger partial charge < -0.3 is 15.7 Å². The highest BCUT2D eigenvalue weighted by Crippen LogP contribution is 2.24. The first-order valence-corrected chi connectivity index (χ1v) is 6.46. The summed E-state index contributed by atoms with van der Waals surface area (Å²) in [5.41, 5.74) is 5.78. The molecule has 1 aliphatic rings. The van der Waals surface area contributed by atoms with Crippen molar-refractivity contribution in [3.63, 3.8) is 0 Å². The molecule has 0 aromatic carbocycles. The van der Waals surface area contributed by atoms with Crippen molar-refractivity contribution in [2.75, 3.05) is 13.1 Å². The Kier molecular flexibility index (Phi) is 4.55. The highest BCUT2D eigenvalue weighted by molar-refractivity contribution is 5.82. The van der Waals surface area contributed by atoms with Crippen LogP contribution >= 0.6 is 0 Å². The molecule has 1 aliphatic heterocycles. The minimum Gasteiger partial charge on any atom is -0.393 e. The molecule has 1 saturated heterocycles. The van der Waals surface area contributed by atoms with Crippen molar-refractivity contribution < 1.29 is 9.90 Å². The lowest BCUT2D eigenvalue weighted by atomic mass is 9.85. The van der Waals surface area contributed by atoms with Gasteiger partial charge in [-0.15, -0.1) is 0 Å². The van der Waals surface area contributed by atoms with Crippen molar-refractivity contribution in [3.8, 4) is 0 Å². The van der Waals surface area contributed by atoms with Crippen LogP contribution in [0.25, 0.3) is 0 Å². The number of nitrogens with zero attached hydrogens (tertiary/aromatic N) is 1. The lowest BCUT2D eigenvalue weighted by Gasteiger charge is -2.37. The first kappa shape index (κ1) is 14.5. The van der Waals surface area contributed by atoms with E-state index in [9.17, 15) is 9.90 Å². The van der Waals surface area contributed by atoms with E-state index in [0.717, 1.165) is 25.9 Å². The Bertz CT molecular complexity index is 263. The van der Waals surface area contributed by atoms with Gasteiger partial charge in [0.05, 0.1) is 12.1 Å². The van der Waals surface area contributed by atoms with E-state index in [1.54, 1.807) is 0 Å². The fraction of sp³-hybridized carbons (Fsp3) is 0.923. The van der Waals surface area contributed by atoms with Crippen molar-refractivity contribution in [1.82, 2.24) is 4.90 Å². The minimum atomic E-state index is -0.439. The predicted molar refractivity (Wildman–Crippen MR) is 68.4 cm³/mol. The zero-order chi connectivity index (χ0) is 13.2. The average molecular weight is 242 g/mol. The van der Waals surface area contributed by atoms with Gasteiger partial charge in [-0.2, -0.15) is 0 Å². The molecule has 17 heavy (non-hydrogen) atoms. The molecule has 1 fully saturated rings. The average Bonchev–Trinajstić information content (AvgIpc) is 2.26. The summed E-state index contributed by atoms with van der Waals surface area (Å²) < 4.78 is 0. The fourth-order valence-electron chi connectivity index (χ4n) is 2.17. The molecule has 100 valence electrons. The summed E-state index contributed by atoms with van der Waals surface area (Å²) in [5.74, 6) is 0.367. The van der Waals surface area contributed by atoms with Crippen LogP contribution in [0.1, 0.15) is 40.5 Å². The first-order valence-electron chi connectivity index (χ1n) is 6.46. The van der Waals surface area contributed by atoms with E-state index < -0.39 is 6.04 Å². The molecule has 2 atom stereocenters. The summed E-state index contributed by atoms with van der Waals surface area (Å²) in [6.45, 7) is 9.22. The maximum Gasteiger partial charge on any atom is 0.240 e. The van der Waals surface area contributed by atoms with Crippen molar-refractivity contribution in [1.29, 1.82) is 0 Å². The standard InChI is InChI=1S/C13H26N2O2/c1-9(16)10-5-7-15(8-6-10)12(17)11(14)13(2,3)4/h9-11,16H,5-8,14H2,1-4H3. The van der Waals surface area contributed by atoms with E-state index >= 15 is 0 Å². The van der Waals surface area contributed by atoms with Crippen LogP contribution in [-0.2, 0) is 4.79 Å². The summed E-state index contributed by atoms with van der Waals surface area (Å²) in [5, 5.41) is 9.51. The summed E-state index contributed by atoms with van der Waals surface area (Å²) in [6.07, 6.45) is 1.48. The van der Waals surface area contributed by atoms with E-state index in [1.807, 2.05) is 32.6 Å². The van der Waals surface area contributed by atoms with Crippen LogP contribution in [0.3, 0.4) is 0 Å². The molecule has 2 unspecified atom stereocenters. The Balaban J connectivity index is 2.52. The minimum absolute atomic E-state index is 0.0431. The molecule has 0 aliphatic carbocycles. The van der Waals surface area contributed by atoms with Gasteiger partial charge in [-0.3, -0.25) is 4.79 Å². The zero-order valence-electron chi connectivity index (χ0n) is 11.4. The summed E-state index contributed by atoms with van der Waals surface area (Å²) in [7, 11) is 0. The Morgan fingerprint density at radius 2 is 1.82 bits per heavy atom. The molecule has 0 radical (unpaired) electrons. The van der Waals surface area contributed by atoms with Crippen molar-refractivity contribution >= 4 is 5.91 Å². The molecule has 1 heterocycles. The third kappa shape index (κ3) is 3.68. The van der Waals surface area contributed by atoms with E-state index in [0.29, 0.717) is 5.92 Å². The van der Waals surface area contributed by atoms with E-state index in [2.05, 4.69) is 0 Å². The van der Waals surface area contributed by atoms with Gasteiger partial charge in [0.15, 0.2) is 0 Å². The maximum atomic E-state index is 12.2. The van der Waals surface area contributed by atoms with Crippen LogP contribution in [0.5, 0.6) is 0 Å². The first-order chi connectivity index (χ1) is 7.73. The van der Waals surface area contributed by atoms with Crippen LogP contribution < -0.4 is 5.73 Å². The van der Waals surface area contributed by atoms with Crippen LogP contribution in [0, 0.1) is 11.3 Å². The van der Waals surface area contributed by atoms with Gasteiger partial charge in [0.25, 0.3) is 0 Å². The van der Waals surface area contributed by atoms with Crippen LogP contribution in [0.15, 0.2) is 0 Å². The number of hydrogen-bond donors (Lipinski definition) is 2. The molecule has 0 bridgehead atoms. The second-order valence-corrected chi connectivity index (χ2v) is 6.25. The zero-order valence-corrected chi connectivity index (χ0v) is 11.4. The summed E-state index contributed by atoms with van der Waals surface area (Å²) in [4.78, 5) is 14.0. The number of carbonyl (C=O) groups is 1. The molecule has 4 heteroatoms. The number of aliphatic hydroxyl groups is 1. The highest BCUT2D eigenvalue weighted by atomic mass is 16.3. The van der Waals surface area contributed by atoms with Gasteiger partial charge in [-0.25, -0.2) is 0 Å². The van der Waals surface area contributed by atoms with E-state index in [1.165, 1.54) is 0 Å². The van der Waals surface area contributed by atoms with Crippen molar-refractivity contribution in [2.24, 2.45) is 17.1 Å². The summed E-state index contributed by atoms with van der Waals surface area (Å²) in [6, 6.07) is -0.439. The van der Waals surface area contributed by atoms with Gasteiger partial charge in [0, 0.05) is 13.1 Å². The van der Waals surface area contributed by atoms with Gasteiger partial charge >= 0.3 is 0 Å². The fourth-order valence-corrected chi connectivity index (χ4v) is 2.17. The van der Waals surface area contributed by atoms with E-state index in [-0.39, 0.29) is 17.4 Å². The molecule has 4 nitrogen and oxygen atoms in total. The molecule has 0 saturated carbocycles. The van der Waals surface area contributed by atoms with E-state index in [4.69, 9.17) is 5.73 Å². The number of piperidine rings is 1. The quantitative estimate of drug-likeness (QED) is 0.758. The Hall–Kier alpha value is -0.610. The SMILES string of the molecule is CC(O)C1CCN(C(=O)C(N)C(C)(C)C)CC1. The molecule has 0 aromatic rings. The molecule has 0 aromatic heterocycles. The number of aliphatic hydroxyl groups excluding tert-OH is 1. The lowest BCUT2D eigenvalue weighted by molar-refractivity contribution is -0.136. The van der Waals surface area contributed by atoms with Gasteiger partial charge in [0.1, 0.15) is 0 Å². The third-order valence-corrected chi connectivity index (χ3v) is 3.73. The molecule has 1 amide bonds. The lowest BCUT2D eigenvalue weighted by Crippen LogP contribution is -2.52. The number of rotatable bonds is 2. The molecular weight excluding hydrogens is 216 g/mol.